The second-order valence-electron chi connectivity index (χ2n) is 10.1. The molecule has 2 N–H and O–H groups in total. The topological polar surface area (TPSA) is 113 Å². The van der Waals surface area contributed by atoms with Gasteiger partial charge in [0.2, 0.25) is 11.9 Å². The molecule has 1 aromatic carbocycles. The van der Waals surface area contributed by atoms with E-state index in [1.165, 1.54) is 6.08 Å². The van der Waals surface area contributed by atoms with Crippen molar-refractivity contribution in [3.05, 3.63) is 54.5 Å². The molecular formula is C28H37N9O3. The monoisotopic (exact) mass is 547 g/mol. The van der Waals surface area contributed by atoms with Crippen LogP contribution in [-0.4, -0.2) is 102 Å². The summed E-state index contributed by atoms with van der Waals surface area (Å²) in [7, 11) is 3.73. The predicted molar refractivity (Wildman–Crippen MR) is 155 cm³/mol. The Labute approximate surface area is 234 Å². The van der Waals surface area contributed by atoms with E-state index in [0.717, 1.165) is 75.8 Å². The standard InChI is InChI=1S/C28H37N9O3/c1-5-26(38)31-22-14-23(25(39-4)15-24(22)36-8-6-34(3)7-9-36)32-28-29-16-20(2)27(33-28)37-19-21(17-30-37)18-35-10-12-40-13-11-35/h5,14-17,19H,1,6-13,18H2,2-4H3,(H,31,38)(H,29,32,33). The van der Waals surface area contributed by atoms with Gasteiger partial charge in [-0.25, -0.2) is 9.67 Å². The number of carbonyl (C=O) groups is 1. The lowest BCUT2D eigenvalue weighted by molar-refractivity contribution is -0.111. The summed E-state index contributed by atoms with van der Waals surface area (Å²) in [6, 6.07) is 3.79. The number of hydrogen-bond donors (Lipinski definition) is 2. The van der Waals surface area contributed by atoms with Crippen LogP contribution in [0, 0.1) is 6.92 Å². The van der Waals surface area contributed by atoms with Crippen LogP contribution in [0.2, 0.25) is 0 Å². The van der Waals surface area contributed by atoms with E-state index in [2.05, 4.69) is 49.0 Å². The Morgan fingerprint density at radius 1 is 1.12 bits per heavy atom. The summed E-state index contributed by atoms with van der Waals surface area (Å²) in [4.78, 5) is 28.5. The first-order chi connectivity index (χ1) is 19.4. The normalized spacial score (nSPS) is 16.5. The number of benzene rings is 1. The Kier molecular flexibility index (Phi) is 8.58. The quantitative estimate of drug-likeness (QED) is 0.387. The van der Waals surface area contributed by atoms with E-state index >= 15 is 0 Å². The number of aromatic nitrogens is 4. The molecule has 0 atom stereocenters. The molecule has 0 spiro atoms. The highest BCUT2D eigenvalue weighted by atomic mass is 16.5. The number of likely N-dealkylation sites (N-methyl/N-ethyl adjacent to an activating group) is 1. The van der Waals surface area contributed by atoms with Gasteiger partial charge in [0, 0.05) is 75.4 Å². The maximum Gasteiger partial charge on any atom is 0.247 e. The summed E-state index contributed by atoms with van der Waals surface area (Å²) in [5.41, 5.74) is 4.18. The van der Waals surface area contributed by atoms with Gasteiger partial charge in [-0.15, -0.1) is 0 Å². The molecule has 2 saturated heterocycles. The summed E-state index contributed by atoms with van der Waals surface area (Å²) in [5.74, 6) is 1.39. The predicted octanol–water partition coefficient (Wildman–Crippen LogP) is 2.43. The van der Waals surface area contributed by atoms with E-state index in [0.29, 0.717) is 28.9 Å². The molecule has 0 saturated carbocycles. The molecule has 3 aromatic rings. The number of rotatable bonds is 9. The van der Waals surface area contributed by atoms with Crippen molar-refractivity contribution >= 4 is 28.9 Å². The number of amides is 1. The Morgan fingerprint density at radius 3 is 2.62 bits per heavy atom. The highest BCUT2D eigenvalue weighted by molar-refractivity contribution is 6.02. The van der Waals surface area contributed by atoms with E-state index in [9.17, 15) is 4.79 Å². The Bertz CT molecular complexity index is 1340. The van der Waals surface area contributed by atoms with E-state index in [-0.39, 0.29) is 5.91 Å². The lowest BCUT2D eigenvalue weighted by Crippen LogP contribution is -2.44. The molecule has 12 nitrogen and oxygen atoms in total. The van der Waals surface area contributed by atoms with Gasteiger partial charge in [0.25, 0.3) is 0 Å². The van der Waals surface area contributed by atoms with Crippen LogP contribution in [0.4, 0.5) is 23.0 Å². The number of ether oxygens (including phenoxy) is 2. The van der Waals surface area contributed by atoms with Crippen molar-refractivity contribution in [2.45, 2.75) is 13.5 Å². The van der Waals surface area contributed by atoms with Crippen LogP contribution in [0.1, 0.15) is 11.1 Å². The average Bonchev–Trinajstić information content (AvgIpc) is 3.43. The summed E-state index contributed by atoms with van der Waals surface area (Å²) >= 11 is 0. The van der Waals surface area contributed by atoms with Crippen LogP contribution in [0.5, 0.6) is 5.75 Å². The SMILES string of the molecule is C=CC(=O)Nc1cc(Nc2ncc(C)c(-n3cc(CN4CCOCC4)cn3)n2)c(OC)cc1N1CCN(C)CC1. The zero-order valence-corrected chi connectivity index (χ0v) is 23.4. The molecule has 0 unspecified atom stereocenters. The summed E-state index contributed by atoms with van der Waals surface area (Å²) in [5, 5.41) is 10.8. The maximum absolute atomic E-state index is 12.3. The van der Waals surface area contributed by atoms with Gasteiger partial charge in [0.05, 0.1) is 43.6 Å². The van der Waals surface area contributed by atoms with Crippen LogP contribution in [0.3, 0.4) is 0 Å². The van der Waals surface area contributed by atoms with Gasteiger partial charge in [-0.05, 0) is 26.1 Å². The summed E-state index contributed by atoms with van der Waals surface area (Å²) < 4.78 is 13.0. The summed E-state index contributed by atoms with van der Waals surface area (Å²) in [6.45, 7) is 13.2. The zero-order chi connectivity index (χ0) is 28.1. The number of carbonyl (C=O) groups excluding carboxylic acids is 1. The van der Waals surface area contributed by atoms with Crippen LogP contribution < -0.4 is 20.3 Å². The van der Waals surface area contributed by atoms with E-state index in [4.69, 9.17) is 14.5 Å². The number of morpholine rings is 1. The van der Waals surface area contributed by atoms with Crippen molar-refractivity contribution in [2.75, 3.05) is 82.2 Å². The van der Waals surface area contributed by atoms with Crippen LogP contribution in [0.15, 0.2) is 43.4 Å². The lowest BCUT2D eigenvalue weighted by Gasteiger charge is -2.35. The van der Waals surface area contributed by atoms with Crippen LogP contribution in [0.25, 0.3) is 5.82 Å². The first kappa shape index (κ1) is 27.6. The van der Waals surface area contributed by atoms with Crippen LogP contribution in [-0.2, 0) is 16.1 Å². The molecule has 0 aliphatic carbocycles. The van der Waals surface area contributed by atoms with Crippen molar-refractivity contribution in [2.24, 2.45) is 0 Å². The van der Waals surface area contributed by atoms with Gasteiger partial charge in [-0.1, -0.05) is 6.58 Å². The molecule has 0 radical (unpaired) electrons. The van der Waals surface area contributed by atoms with Gasteiger partial charge in [0.15, 0.2) is 5.82 Å². The minimum absolute atomic E-state index is 0.285. The Balaban J connectivity index is 1.41. The second kappa shape index (κ2) is 12.5. The first-order valence-electron chi connectivity index (χ1n) is 13.5. The fourth-order valence-corrected chi connectivity index (χ4v) is 4.85. The fourth-order valence-electron chi connectivity index (χ4n) is 4.85. The number of nitrogens with one attached hydrogen (secondary N) is 2. The number of anilines is 4. The number of nitrogens with zero attached hydrogens (tertiary/aromatic N) is 7. The molecule has 2 aromatic heterocycles. The highest BCUT2D eigenvalue weighted by Crippen LogP contribution is 2.38. The van der Waals surface area contributed by atoms with E-state index in [1.807, 2.05) is 31.5 Å². The van der Waals surface area contributed by atoms with Gasteiger partial charge < -0.3 is 29.9 Å². The third kappa shape index (κ3) is 6.41. The fraction of sp³-hybridized carbons (Fsp3) is 0.429. The minimum Gasteiger partial charge on any atom is -0.494 e. The Morgan fingerprint density at radius 2 is 1.90 bits per heavy atom. The van der Waals surface area contributed by atoms with Crippen molar-refractivity contribution in [1.82, 2.24) is 29.5 Å². The lowest BCUT2D eigenvalue weighted by atomic mass is 10.1. The van der Waals surface area contributed by atoms with Crippen molar-refractivity contribution in [3.8, 4) is 11.6 Å². The van der Waals surface area contributed by atoms with Crippen molar-refractivity contribution < 1.29 is 14.3 Å². The maximum atomic E-state index is 12.3. The number of aryl methyl sites for hydroxylation is 1. The van der Waals surface area contributed by atoms with Gasteiger partial charge in [0.1, 0.15) is 5.75 Å². The molecule has 5 rings (SSSR count). The number of hydrogen-bond acceptors (Lipinski definition) is 10. The van der Waals surface area contributed by atoms with E-state index in [1.54, 1.807) is 18.0 Å². The average molecular weight is 548 g/mol. The smallest absolute Gasteiger partial charge is 0.247 e. The highest BCUT2D eigenvalue weighted by Gasteiger charge is 2.21. The molecule has 40 heavy (non-hydrogen) atoms. The Hall–Kier alpha value is -4.00. The second-order valence-corrected chi connectivity index (χ2v) is 10.1. The molecule has 212 valence electrons. The molecule has 1 amide bonds. The molecule has 4 heterocycles. The van der Waals surface area contributed by atoms with Gasteiger partial charge in [-0.2, -0.15) is 10.1 Å². The van der Waals surface area contributed by atoms with Crippen molar-refractivity contribution in [3.63, 3.8) is 0 Å². The third-order valence-electron chi connectivity index (χ3n) is 7.16. The van der Waals surface area contributed by atoms with Gasteiger partial charge in [-0.3, -0.25) is 9.69 Å². The minimum atomic E-state index is -0.285. The summed E-state index contributed by atoms with van der Waals surface area (Å²) in [6.07, 6.45) is 6.90. The molecule has 2 fully saturated rings. The molecule has 0 bridgehead atoms. The largest absolute Gasteiger partial charge is 0.494 e. The van der Waals surface area contributed by atoms with Crippen molar-refractivity contribution in [1.29, 1.82) is 0 Å². The van der Waals surface area contributed by atoms with Crippen LogP contribution >= 0.6 is 0 Å². The molecule has 2 aliphatic heterocycles. The van der Waals surface area contributed by atoms with Gasteiger partial charge >= 0.3 is 0 Å². The number of piperazine rings is 1. The first-order valence-corrected chi connectivity index (χ1v) is 13.5. The number of methoxy groups -OCH3 is 1. The molecule has 12 heteroatoms. The molecular weight excluding hydrogens is 510 g/mol. The zero-order valence-electron chi connectivity index (χ0n) is 23.4. The third-order valence-corrected chi connectivity index (χ3v) is 7.16. The molecule has 2 aliphatic rings. The van der Waals surface area contributed by atoms with E-state index < -0.39 is 0 Å².